The third-order valence-corrected chi connectivity index (χ3v) is 2.71. The van der Waals surface area contributed by atoms with Crippen LogP contribution in [-0.2, 0) is 9.47 Å². The number of hydrogen-bond acceptors (Lipinski definition) is 4. The number of halogens is 2. The summed E-state index contributed by atoms with van der Waals surface area (Å²) in [5.74, 6) is -1.58. The standard InChI is InChI=1S/C14H18F2N2O4/c1-4-21-13(19)17-18(14(20)22-5-2)9(3)10-6-11(15)8-12(16)7-10/h6-9H,4-5H2,1-3H3,(H,17,19). The summed E-state index contributed by atoms with van der Waals surface area (Å²) >= 11 is 0. The molecule has 122 valence electrons. The Bertz CT molecular complexity index is 519. The van der Waals surface area contributed by atoms with Crippen molar-refractivity contribution < 1.29 is 27.8 Å². The lowest BCUT2D eigenvalue weighted by molar-refractivity contribution is 0.0581. The Morgan fingerprint density at radius 2 is 1.68 bits per heavy atom. The van der Waals surface area contributed by atoms with Crippen molar-refractivity contribution in [3.63, 3.8) is 0 Å². The summed E-state index contributed by atoms with van der Waals surface area (Å²) in [6.45, 7) is 4.85. The molecule has 0 heterocycles. The van der Waals surface area contributed by atoms with Gasteiger partial charge in [-0.05, 0) is 38.5 Å². The minimum Gasteiger partial charge on any atom is -0.449 e. The summed E-state index contributed by atoms with van der Waals surface area (Å²) in [4.78, 5) is 23.4. The van der Waals surface area contributed by atoms with Crippen LogP contribution in [0.4, 0.5) is 18.4 Å². The van der Waals surface area contributed by atoms with Crippen LogP contribution in [-0.4, -0.2) is 30.4 Å². The van der Waals surface area contributed by atoms with Gasteiger partial charge in [0.25, 0.3) is 0 Å². The number of carbonyl (C=O) groups excluding carboxylic acids is 2. The van der Waals surface area contributed by atoms with Crippen molar-refractivity contribution in [3.05, 3.63) is 35.4 Å². The number of rotatable bonds is 4. The molecule has 2 amide bonds. The number of nitrogens with zero attached hydrogens (tertiary/aromatic N) is 1. The van der Waals surface area contributed by atoms with Crippen molar-refractivity contribution >= 4 is 12.2 Å². The van der Waals surface area contributed by atoms with Crippen LogP contribution < -0.4 is 5.43 Å². The first-order valence-electron chi connectivity index (χ1n) is 6.74. The smallest absolute Gasteiger partial charge is 0.429 e. The fourth-order valence-corrected chi connectivity index (χ4v) is 1.72. The highest BCUT2D eigenvalue weighted by Crippen LogP contribution is 2.21. The zero-order chi connectivity index (χ0) is 16.7. The molecule has 0 saturated heterocycles. The summed E-state index contributed by atoms with van der Waals surface area (Å²) in [6.07, 6.45) is -1.74. The summed E-state index contributed by atoms with van der Waals surface area (Å²) in [5.41, 5.74) is 2.35. The first-order chi connectivity index (χ1) is 10.4. The Balaban J connectivity index is 3.02. The van der Waals surface area contributed by atoms with Gasteiger partial charge in [0, 0.05) is 6.07 Å². The highest BCUT2D eigenvalue weighted by Gasteiger charge is 2.26. The zero-order valence-electron chi connectivity index (χ0n) is 12.6. The maximum atomic E-state index is 13.3. The maximum Gasteiger partial charge on any atom is 0.429 e. The fourth-order valence-electron chi connectivity index (χ4n) is 1.72. The second-order valence-electron chi connectivity index (χ2n) is 4.28. The Morgan fingerprint density at radius 1 is 1.14 bits per heavy atom. The molecule has 0 aliphatic carbocycles. The number of hydrazine groups is 1. The Kier molecular flexibility index (Phi) is 6.55. The predicted octanol–water partition coefficient (Wildman–Crippen LogP) is 3.15. The molecule has 1 unspecified atom stereocenters. The third-order valence-electron chi connectivity index (χ3n) is 2.71. The number of benzene rings is 1. The van der Waals surface area contributed by atoms with Crippen molar-refractivity contribution in [1.82, 2.24) is 10.4 Å². The average Bonchev–Trinajstić information content (AvgIpc) is 2.43. The fraction of sp³-hybridized carbons (Fsp3) is 0.429. The van der Waals surface area contributed by atoms with E-state index >= 15 is 0 Å². The van der Waals surface area contributed by atoms with Gasteiger partial charge >= 0.3 is 12.2 Å². The van der Waals surface area contributed by atoms with Gasteiger partial charge in [0.15, 0.2) is 0 Å². The average molecular weight is 316 g/mol. The molecule has 0 fully saturated rings. The van der Waals surface area contributed by atoms with E-state index in [9.17, 15) is 18.4 Å². The molecular weight excluding hydrogens is 298 g/mol. The molecule has 1 aromatic rings. The molecule has 0 radical (unpaired) electrons. The van der Waals surface area contributed by atoms with E-state index in [4.69, 9.17) is 4.74 Å². The van der Waals surface area contributed by atoms with Crippen molar-refractivity contribution in [1.29, 1.82) is 0 Å². The monoisotopic (exact) mass is 316 g/mol. The topological polar surface area (TPSA) is 67.9 Å². The van der Waals surface area contributed by atoms with Crippen molar-refractivity contribution in [2.45, 2.75) is 26.8 Å². The number of carbonyl (C=O) groups is 2. The Hall–Kier alpha value is -2.38. The summed E-state index contributed by atoms with van der Waals surface area (Å²) in [6, 6.07) is 1.97. The van der Waals surface area contributed by atoms with E-state index in [1.54, 1.807) is 13.8 Å². The second kappa shape index (κ2) is 8.16. The van der Waals surface area contributed by atoms with E-state index < -0.39 is 29.9 Å². The van der Waals surface area contributed by atoms with Gasteiger partial charge < -0.3 is 9.47 Å². The molecule has 1 aromatic carbocycles. The molecule has 0 aromatic heterocycles. The van der Waals surface area contributed by atoms with Crippen molar-refractivity contribution in [2.75, 3.05) is 13.2 Å². The van der Waals surface area contributed by atoms with Crippen LogP contribution in [0.15, 0.2) is 18.2 Å². The van der Waals surface area contributed by atoms with Crippen LogP contribution in [0.3, 0.4) is 0 Å². The number of ether oxygens (including phenoxy) is 2. The molecule has 0 spiro atoms. The largest absolute Gasteiger partial charge is 0.449 e. The first kappa shape index (κ1) is 17.7. The minimum absolute atomic E-state index is 0.0735. The number of amides is 2. The van der Waals surface area contributed by atoms with Crippen LogP contribution in [0.25, 0.3) is 0 Å². The van der Waals surface area contributed by atoms with Gasteiger partial charge in [0.2, 0.25) is 0 Å². The van der Waals surface area contributed by atoms with Gasteiger partial charge in [-0.2, -0.15) is 0 Å². The summed E-state index contributed by atoms with van der Waals surface area (Å²) in [7, 11) is 0. The molecule has 8 heteroatoms. The highest BCUT2D eigenvalue weighted by molar-refractivity contribution is 5.74. The van der Waals surface area contributed by atoms with Gasteiger partial charge in [0.05, 0.1) is 19.3 Å². The second-order valence-corrected chi connectivity index (χ2v) is 4.28. The van der Waals surface area contributed by atoms with Crippen LogP contribution in [0.1, 0.15) is 32.4 Å². The normalized spacial score (nSPS) is 11.5. The first-order valence-corrected chi connectivity index (χ1v) is 6.74. The van der Waals surface area contributed by atoms with E-state index in [0.29, 0.717) is 6.07 Å². The Morgan fingerprint density at radius 3 is 2.18 bits per heavy atom. The molecule has 0 aliphatic heterocycles. The maximum absolute atomic E-state index is 13.3. The number of hydrogen-bond donors (Lipinski definition) is 1. The molecule has 0 aliphatic rings. The van der Waals surface area contributed by atoms with E-state index in [2.05, 4.69) is 10.2 Å². The van der Waals surface area contributed by atoms with Crippen molar-refractivity contribution in [2.24, 2.45) is 0 Å². The molecule has 6 nitrogen and oxygen atoms in total. The molecule has 0 bridgehead atoms. The van der Waals surface area contributed by atoms with E-state index in [1.165, 1.54) is 6.92 Å². The Labute approximate surface area is 127 Å². The van der Waals surface area contributed by atoms with Crippen LogP contribution in [0.2, 0.25) is 0 Å². The van der Waals surface area contributed by atoms with Crippen LogP contribution in [0, 0.1) is 11.6 Å². The summed E-state index contributed by atoms with van der Waals surface area (Å²) < 4.78 is 36.1. The molecular formula is C14H18F2N2O4. The van der Waals surface area contributed by atoms with E-state index in [1.807, 2.05) is 0 Å². The highest BCUT2D eigenvalue weighted by atomic mass is 19.1. The molecule has 0 saturated carbocycles. The molecule has 22 heavy (non-hydrogen) atoms. The van der Waals surface area contributed by atoms with Crippen LogP contribution >= 0.6 is 0 Å². The molecule has 1 N–H and O–H groups in total. The molecule has 1 atom stereocenters. The predicted molar refractivity (Wildman–Crippen MR) is 73.8 cm³/mol. The SMILES string of the molecule is CCOC(=O)NN(C(=O)OCC)C(C)c1cc(F)cc(F)c1. The van der Waals surface area contributed by atoms with Gasteiger partial charge in [-0.3, -0.25) is 0 Å². The summed E-state index contributed by atoms with van der Waals surface area (Å²) in [5, 5.41) is 0.815. The lowest BCUT2D eigenvalue weighted by Crippen LogP contribution is -2.48. The van der Waals surface area contributed by atoms with Gasteiger partial charge in [-0.15, -0.1) is 0 Å². The van der Waals surface area contributed by atoms with Crippen LogP contribution in [0.5, 0.6) is 0 Å². The molecule has 1 rings (SSSR count). The van der Waals surface area contributed by atoms with Crippen molar-refractivity contribution in [3.8, 4) is 0 Å². The van der Waals surface area contributed by atoms with E-state index in [-0.39, 0.29) is 18.8 Å². The van der Waals surface area contributed by atoms with Gasteiger partial charge in [-0.1, -0.05) is 0 Å². The zero-order valence-corrected chi connectivity index (χ0v) is 12.6. The third kappa shape index (κ3) is 4.87. The minimum atomic E-state index is -0.876. The lowest BCUT2D eigenvalue weighted by Gasteiger charge is -2.28. The lowest BCUT2D eigenvalue weighted by atomic mass is 10.1. The van der Waals surface area contributed by atoms with Gasteiger partial charge in [-0.25, -0.2) is 28.8 Å². The van der Waals surface area contributed by atoms with E-state index in [0.717, 1.165) is 17.1 Å². The number of nitrogens with one attached hydrogen (secondary N) is 1. The quantitative estimate of drug-likeness (QED) is 0.867. The van der Waals surface area contributed by atoms with Gasteiger partial charge in [0.1, 0.15) is 11.6 Å².